The van der Waals surface area contributed by atoms with Gasteiger partial charge in [0, 0.05) is 22.2 Å². The van der Waals surface area contributed by atoms with E-state index in [0.29, 0.717) is 11.8 Å². The number of fused-ring (bicyclic) bond motifs is 3. The van der Waals surface area contributed by atoms with E-state index in [9.17, 15) is 0 Å². The zero-order valence-corrected chi connectivity index (χ0v) is 35.8. The predicted octanol–water partition coefficient (Wildman–Crippen LogP) is 17.2. The maximum absolute atomic E-state index is 2.62. The van der Waals surface area contributed by atoms with Crippen molar-refractivity contribution in [2.75, 3.05) is 4.90 Å². The Bertz CT molecular complexity index is 2590. The SMILES string of the molecule is CCC1CCCCC1c1ccc(N(c2ccccc2-c2ccccc2C2CCCCC2)c2ccc3c(c2-c2ccc(-c4ccccc4)cc2)C(C)(C)c2ccccc2-3)cc1. The zero-order chi connectivity index (χ0) is 40.6. The van der Waals surface area contributed by atoms with Crippen LogP contribution in [-0.2, 0) is 5.41 Å². The predicted molar refractivity (Wildman–Crippen MR) is 256 cm³/mol. The van der Waals surface area contributed by atoms with Gasteiger partial charge < -0.3 is 4.90 Å². The molecule has 300 valence electrons. The minimum absolute atomic E-state index is 0.200. The molecule has 3 aliphatic carbocycles. The Morgan fingerprint density at radius 2 is 1.10 bits per heavy atom. The van der Waals surface area contributed by atoms with Crippen molar-refractivity contribution in [2.45, 2.75) is 102 Å². The van der Waals surface area contributed by atoms with E-state index in [2.05, 4.69) is 189 Å². The molecule has 1 nitrogen and oxygen atoms in total. The molecule has 0 aliphatic heterocycles. The van der Waals surface area contributed by atoms with Gasteiger partial charge in [-0.25, -0.2) is 0 Å². The summed E-state index contributed by atoms with van der Waals surface area (Å²) in [5.41, 5.74) is 19.7. The van der Waals surface area contributed by atoms with Crippen molar-refractivity contribution in [3.05, 3.63) is 186 Å². The molecule has 1 heteroatoms. The normalized spacial score (nSPS) is 18.4. The van der Waals surface area contributed by atoms with E-state index >= 15 is 0 Å². The molecule has 7 aromatic carbocycles. The van der Waals surface area contributed by atoms with Crippen LogP contribution in [0.4, 0.5) is 17.1 Å². The van der Waals surface area contributed by atoms with Crippen LogP contribution in [0.2, 0.25) is 0 Å². The third-order valence-electron chi connectivity index (χ3n) is 14.7. The summed E-state index contributed by atoms with van der Waals surface area (Å²) in [4.78, 5) is 2.62. The van der Waals surface area contributed by atoms with E-state index in [1.54, 1.807) is 0 Å². The second kappa shape index (κ2) is 16.4. The molecule has 10 rings (SSSR count). The summed E-state index contributed by atoms with van der Waals surface area (Å²) in [6.45, 7) is 7.26. The van der Waals surface area contributed by atoms with Crippen LogP contribution >= 0.6 is 0 Å². The molecule has 0 bridgehead atoms. The number of rotatable bonds is 9. The fourth-order valence-electron chi connectivity index (χ4n) is 11.6. The maximum Gasteiger partial charge on any atom is 0.0543 e. The van der Waals surface area contributed by atoms with Crippen LogP contribution in [0.15, 0.2) is 164 Å². The summed E-state index contributed by atoms with van der Waals surface area (Å²) in [6.07, 6.45) is 13.1. The van der Waals surface area contributed by atoms with Crippen molar-refractivity contribution in [1.82, 2.24) is 0 Å². The number of para-hydroxylation sites is 1. The van der Waals surface area contributed by atoms with Gasteiger partial charge >= 0.3 is 0 Å². The highest BCUT2D eigenvalue weighted by Gasteiger charge is 2.39. The smallest absolute Gasteiger partial charge is 0.0543 e. The molecule has 0 radical (unpaired) electrons. The highest BCUT2D eigenvalue weighted by atomic mass is 15.1. The van der Waals surface area contributed by atoms with E-state index in [4.69, 9.17) is 0 Å². The summed E-state index contributed by atoms with van der Waals surface area (Å²) in [5.74, 6) is 2.00. The second-order valence-electron chi connectivity index (χ2n) is 18.4. The first kappa shape index (κ1) is 38.5. The molecule has 0 spiro atoms. The third kappa shape index (κ3) is 6.91. The minimum Gasteiger partial charge on any atom is -0.309 e. The summed E-state index contributed by atoms with van der Waals surface area (Å²) in [6, 6.07) is 62.6. The van der Waals surface area contributed by atoms with Gasteiger partial charge in [0.05, 0.1) is 11.4 Å². The third-order valence-corrected chi connectivity index (χ3v) is 14.7. The lowest BCUT2D eigenvalue weighted by Crippen LogP contribution is -2.19. The quantitative estimate of drug-likeness (QED) is 0.141. The largest absolute Gasteiger partial charge is 0.309 e. The topological polar surface area (TPSA) is 3.24 Å². The first-order valence-corrected chi connectivity index (χ1v) is 23.0. The Labute approximate surface area is 359 Å². The van der Waals surface area contributed by atoms with Crippen LogP contribution in [0.5, 0.6) is 0 Å². The summed E-state index contributed by atoms with van der Waals surface area (Å²) >= 11 is 0. The molecule has 7 aromatic rings. The molecule has 0 saturated heterocycles. The molecular weight excluding hydrogens is 723 g/mol. The Morgan fingerprint density at radius 3 is 1.87 bits per heavy atom. The average Bonchev–Trinajstić information content (AvgIpc) is 3.55. The van der Waals surface area contributed by atoms with Crippen molar-refractivity contribution in [2.24, 2.45) is 5.92 Å². The van der Waals surface area contributed by atoms with Gasteiger partial charge in [-0.15, -0.1) is 0 Å². The van der Waals surface area contributed by atoms with Gasteiger partial charge in [0.2, 0.25) is 0 Å². The lowest BCUT2D eigenvalue weighted by molar-refractivity contribution is 0.299. The molecular formula is C59H59N. The Hall–Kier alpha value is -5.66. The molecule has 2 unspecified atom stereocenters. The standard InChI is InChI=1S/C59H59N/c1-4-41-19-11-12-24-48(41)45-35-37-47(38-36-45)60(55-30-18-16-28-52(55)50-26-14-13-25-49(50)44-22-9-6-10-23-44)56-40-39-53-51-27-15-17-29-54(51)59(2,3)58(53)57(56)46-33-31-43(32-34-46)42-20-7-5-8-21-42/h5,7-8,13-18,20-21,25-41,44,48H,4,6,9-12,19,22-24H2,1-3H3. The van der Waals surface area contributed by atoms with Crippen molar-refractivity contribution in [3.8, 4) is 44.5 Å². The van der Waals surface area contributed by atoms with Crippen LogP contribution in [0.25, 0.3) is 44.5 Å². The Kier molecular flexibility index (Phi) is 10.5. The number of anilines is 3. The Morgan fingerprint density at radius 1 is 0.483 bits per heavy atom. The fourth-order valence-corrected chi connectivity index (χ4v) is 11.6. The molecule has 2 atom stereocenters. The van der Waals surface area contributed by atoms with E-state index in [-0.39, 0.29) is 5.41 Å². The number of benzene rings is 7. The van der Waals surface area contributed by atoms with Crippen molar-refractivity contribution in [3.63, 3.8) is 0 Å². The molecule has 2 saturated carbocycles. The first-order valence-electron chi connectivity index (χ1n) is 23.0. The Balaban J connectivity index is 1.21. The van der Waals surface area contributed by atoms with Crippen molar-refractivity contribution in [1.29, 1.82) is 0 Å². The first-order chi connectivity index (χ1) is 29.5. The van der Waals surface area contributed by atoms with Gasteiger partial charge in [0.1, 0.15) is 0 Å². The molecule has 0 aromatic heterocycles. The summed E-state index contributed by atoms with van der Waals surface area (Å²) in [7, 11) is 0. The average molecular weight is 782 g/mol. The fraction of sp³-hybridized carbons (Fsp3) is 0.288. The van der Waals surface area contributed by atoms with Crippen LogP contribution in [0.3, 0.4) is 0 Å². The molecule has 60 heavy (non-hydrogen) atoms. The van der Waals surface area contributed by atoms with Crippen molar-refractivity contribution < 1.29 is 0 Å². The second-order valence-corrected chi connectivity index (χ2v) is 18.4. The van der Waals surface area contributed by atoms with E-state index in [0.717, 1.165) is 5.92 Å². The molecule has 0 N–H and O–H groups in total. The highest BCUT2D eigenvalue weighted by Crippen LogP contribution is 2.57. The number of nitrogens with zero attached hydrogens (tertiary/aromatic N) is 1. The van der Waals surface area contributed by atoms with Gasteiger partial charge in [0.25, 0.3) is 0 Å². The van der Waals surface area contributed by atoms with Crippen molar-refractivity contribution >= 4 is 17.1 Å². The lowest BCUT2D eigenvalue weighted by atomic mass is 9.74. The van der Waals surface area contributed by atoms with E-state index < -0.39 is 0 Å². The van der Waals surface area contributed by atoms with E-state index in [1.807, 2.05) is 0 Å². The molecule has 0 heterocycles. The highest BCUT2D eigenvalue weighted by molar-refractivity contribution is 6.00. The number of hydrogen-bond donors (Lipinski definition) is 0. The monoisotopic (exact) mass is 781 g/mol. The van der Waals surface area contributed by atoms with E-state index in [1.165, 1.54) is 148 Å². The van der Waals surface area contributed by atoms with Crippen LogP contribution in [0.1, 0.15) is 119 Å². The van der Waals surface area contributed by atoms with Gasteiger partial charge in [-0.3, -0.25) is 0 Å². The number of hydrogen-bond acceptors (Lipinski definition) is 1. The van der Waals surface area contributed by atoms with Crippen LogP contribution in [-0.4, -0.2) is 0 Å². The minimum atomic E-state index is -0.200. The maximum atomic E-state index is 2.62. The lowest BCUT2D eigenvalue weighted by Gasteiger charge is -2.34. The van der Waals surface area contributed by atoms with Gasteiger partial charge in [-0.1, -0.05) is 199 Å². The van der Waals surface area contributed by atoms with Gasteiger partial charge in [0.15, 0.2) is 0 Å². The summed E-state index contributed by atoms with van der Waals surface area (Å²) < 4.78 is 0. The zero-order valence-electron chi connectivity index (χ0n) is 35.8. The van der Waals surface area contributed by atoms with Gasteiger partial charge in [-0.05, 0) is 123 Å². The van der Waals surface area contributed by atoms with Crippen LogP contribution < -0.4 is 4.90 Å². The van der Waals surface area contributed by atoms with Crippen LogP contribution in [0, 0.1) is 5.92 Å². The molecule has 3 aliphatic rings. The molecule has 2 fully saturated rings. The molecule has 0 amide bonds. The summed E-state index contributed by atoms with van der Waals surface area (Å²) in [5, 5.41) is 0. The van der Waals surface area contributed by atoms with Gasteiger partial charge in [-0.2, -0.15) is 0 Å².